The molecule has 0 saturated carbocycles. The lowest BCUT2D eigenvalue weighted by atomic mass is 9.95. The summed E-state index contributed by atoms with van der Waals surface area (Å²) >= 11 is 3.39. The number of likely N-dealkylation sites (tertiary alicyclic amines) is 1. The van der Waals surface area contributed by atoms with Gasteiger partial charge in [-0.15, -0.1) is 11.8 Å². The van der Waals surface area contributed by atoms with Gasteiger partial charge < -0.3 is 10.2 Å². The standard InChI is InChI=1S/C24H23FN2O2S2/c25-20-7-5-19(6-8-20)24(29)27-12-9-18(10-13-27)23(28)26-21-3-1-2-4-22(21)31-16-17-11-14-30-15-17/h1-8,11,14-15,18H,9-10,12-13,16H2,(H,26,28). The third-order valence-corrected chi connectivity index (χ3v) is 7.24. The Labute approximate surface area is 189 Å². The predicted octanol–water partition coefficient (Wildman–Crippen LogP) is 5.67. The number of rotatable bonds is 6. The van der Waals surface area contributed by atoms with Crippen LogP contribution < -0.4 is 5.32 Å². The summed E-state index contributed by atoms with van der Waals surface area (Å²) in [4.78, 5) is 28.3. The van der Waals surface area contributed by atoms with E-state index in [1.54, 1.807) is 28.0 Å². The number of amides is 2. The zero-order valence-corrected chi connectivity index (χ0v) is 18.6. The van der Waals surface area contributed by atoms with Crippen molar-refractivity contribution in [3.63, 3.8) is 0 Å². The second-order valence-corrected chi connectivity index (χ2v) is 9.28. The van der Waals surface area contributed by atoms with Crippen LogP contribution in [0.1, 0.15) is 28.8 Å². The van der Waals surface area contributed by atoms with Gasteiger partial charge in [0, 0.05) is 35.2 Å². The summed E-state index contributed by atoms with van der Waals surface area (Å²) in [5, 5.41) is 7.29. The number of nitrogens with one attached hydrogen (secondary N) is 1. The molecule has 4 nitrogen and oxygen atoms in total. The van der Waals surface area contributed by atoms with Gasteiger partial charge in [0.15, 0.2) is 0 Å². The normalized spacial score (nSPS) is 14.4. The Morgan fingerprint density at radius 1 is 1.06 bits per heavy atom. The number of piperidine rings is 1. The minimum atomic E-state index is -0.360. The molecule has 160 valence electrons. The van der Waals surface area contributed by atoms with E-state index in [0.29, 0.717) is 31.5 Å². The molecule has 3 aromatic rings. The van der Waals surface area contributed by atoms with Crippen LogP contribution in [-0.4, -0.2) is 29.8 Å². The number of carbonyl (C=O) groups excluding carboxylic acids is 2. The van der Waals surface area contributed by atoms with Gasteiger partial charge in [0.05, 0.1) is 5.69 Å². The fourth-order valence-corrected chi connectivity index (χ4v) is 5.31. The van der Waals surface area contributed by atoms with Gasteiger partial charge >= 0.3 is 0 Å². The monoisotopic (exact) mass is 454 g/mol. The highest BCUT2D eigenvalue weighted by Gasteiger charge is 2.28. The first-order chi connectivity index (χ1) is 15.1. The lowest BCUT2D eigenvalue weighted by molar-refractivity contribution is -0.121. The van der Waals surface area contributed by atoms with Crippen LogP contribution in [0.2, 0.25) is 0 Å². The minimum absolute atomic E-state index is 0.00235. The molecule has 4 rings (SSSR count). The largest absolute Gasteiger partial charge is 0.339 e. The zero-order chi connectivity index (χ0) is 21.6. The highest BCUT2D eigenvalue weighted by molar-refractivity contribution is 7.98. The number of hydrogen-bond donors (Lipinski definition) is 1. The molecule has 2 heterocycles. The van der Waals surface area contributed by atoms with Crippen molar-refractivity contribution in [1.82, 2.24) is 4.90 Å². The molecule has 0 aliphatic carbocycles. The van der Waals surface area contributed by atoms with Crippen molar-refractivity contribution in [3.8, 4) is 0 Å². The van der Waals surface area contributed by atoms with E-state index < -0.39 is 0 Å². The summed E-state index contributed by atoms with van der Waals surface area (Å²) in [7, 11) is 0. The molecule has 0 radical (unpaired) electrons. The average Bonchev–Trinajstić information content (AvgIpc) is 3.32. The highest BCUT2D eigenvalue weighted by Crippen LogP contribution is 2.31. The molecule has 1 aliphatic rings. The Bertz CT molecular complexity index is 1030. The smallest absolute Gasteiger partial charge is 0.253 e. The summed E-state index contributed by atoms with van der Waals surface area (Å²) in [6.45, 7) is 1.03. The summed E-state index contributed by atoms with van der Waals surface area (Å²) in [5.41, 5.74) is 2.58. The van der Waals surface area contributed by atoms with Crippen LogP contribution in [0.3, 0.4) is 0 Å². The lowest BCUT2D eigenvalue weighted by Crippen LogP contribution is -2.41. The number of hydrogen-bond acceptors (Lipinski definition) is 4. The molecule has 1 aliphatic heterocycles. The molecule has 1 aromatic heterocycles. The molecule has 1 fully saturated rings. The van der Waals surface area contributed by atoms with E-state index in [1.165, 1.54) is 29.8 Å². The van der Waals surface area contributed by atoms with Gasteiger partial charge in [0.25, 0.3) is 5.91 Å². The SMILES string of the molecule is O=C(Nc1ccccc1SCc1ccsc1)C1CCN(C(=O)c2ccc(F)cc2)CC1. The van der Waals surface area contributed by atoms with Crippen molar-refractivity contribution < 1.29 is 14.0 Å². The summed E-state index contributed by atoms with van der Waals surface area (Å²) < 4.78 is 13.1. The number of anilines is 1. The Balaban J connectivity index is 1.32. The molecule has 2 aromatic carbocycles. The number of benzene rings is 2. The van der Waals surface area contributed by atoms with Crippen molar-refractivity contribution in [1.29, 1.82) is 0 Å². The quantitative estimate of drug-likeness (QED) is 0.488. The summed E-state index contributed by atoms with van der Waals surface area (Å²) in [6.07, 6.45) is 1.23. The van der Waals surface area contributed by atoms with Crippen molar-refractivity contribution >= 4 is 40.6 Å². The molecule has 0 spiro atoms. The van der Waals surface area contributed by atoms with Gasteiger partial charge in [0.2, 0.25) is 5.91 Å². The Morgan fingerprint density at radius 3 is 2.52 bits per heavy atom. The maximum atomic E-state index is 13.1. The molecule has 0 atom stereocenters. The maximum absolute atomic E-state index is 13.1. The van der Waals surface area contributed by atoms with Crippen LogP contribution in [0.4, 0.5) is 10.1 Å². The van der Waals surface area contributed by atoms with Crippen LogP contribution >= 0.6 is 23.1 Å². The minimum Gasteiger partial charge on any atom is -0.339 e. The number of nitrogens with zero attached hydrogens (tertiary/aromatic N) is 1. The second-order valence-electron chi connectivity index (χ2n) is 7.48. The van der Waals surface area contributed by atoms with E-state index in [-0.39, 0.29) is 23.5 Å². The average molecular weight is 455 g/mol. The van der Waals surface area contributed by atoms with Crippen LogP contribution in [0.25, 0.3) is 0 Å². The Morgan fingerprint density at radius 2 is 1.81 bits per heavy atom. The van der Waals surface area contributed by atoms with Crippen molar-refractivity contribution in [2.75, 3.05) is 18.4 Å². The number of para-hydroxylation sites is 1. The molecule has 7 heteroatoms. The maximum Gasteiger partial charge on any atom is 0.253 e. The predicted molar refractivity (Wildman–Crippen MR) is 124 cm³/mol. The third kappa shape index (κ3) is 5.54. The molecule has 0 unspecified atom stereocenters. The van der Waals surface area contributed by atoms with Crippen LogP contribution in [0.15, 0.2) is 70.3 Å². The molecule has 31 heavy (non-hydrogen) atoms. The van der Waals surface area contributed by atoms with Gasteiger partial charge in [-0.05, 0) is 71.6 Å². The van der Waals surface area contributed by atoms with E-state index >= 15 is 0 Å². The first-order valence-corrected chi connectivity index (χ1v) is 12.1. The van der Waals surface area contributed by atoms with Crippen LogP contribution in [-0.2, 0) is 10.5 Å². The fourth-order valence-electron chi connectivity index (χ4n) is 3.59. The van der Waals surface area contributed by atoms with E-state index in [1.807, 2.05) is 24.3 Å². The van der Waals surface area contributed by atoms with E-state index in [0.717, 1.165) is 16.3 Å². The summed E-state index contributed by atoms with van der Waals surface area (Å²) in [6, 6.07) is 15.6. The lowest BCUT2D eigenvalue weighted by Gasteiger charge is -2.31. The number of halogens is 1. The van der Waals surface area contributed by atoms with Crippen LogP contribution in [0, 0.1) is 11.7 Å². The van der Waals surface area contributed by atoms with Gasteiger partial charge in [-0.2, -0.15) is 11.3 Å². The van der Waals surface area contributed by atoms with Crippen molar-refractivity contribution in [3.05, 3.63) is 82.3 Å². The summed E-state index contributed by atoms with van der Waals surface area (Å²) in [5.74, 6) is 0.250. The molecular weight excluding hydrogens is 431 g/mol. The molecule has 1 saturated heterocycles. The van der Waals surface area contributed by atoms with Crippen molar-refractivity contribution in [2.24, 2.45) is 5.92 Å². The van der Waals surface area contributed by atoms with E-state index in [2.05, 4.69) is 22.1 Å². The third-order valence-electron chi connectivity index (χ3n) is 5.36. The molecule has 2 amide bonds. The number of carbonyl (C=O) groups is 2. The van der Waals surface area contributed by atoms with Gasteiger partial charge in [-0.1, -0.05) is 12.1 Å². The Hall–Kier alpha value is -2.64. The van der Waals surface area contributed by atoms with Gasteiger partial charge in [-0.25, -0.2) is 4.39 Å². The Kier molecular flexibility index (Phi) is 7.04. The van der Waals surface area contributed by atoms with Crippen molar-refractivity contribution in [2.45, 2.75) is 23.5 Å². The first kappa shape index (κ1) is 21.6. The number of thioether (sulfide) groups is 1. The fraction of sp³-hybridized carbons (Fsp3) is 0.250. The first-order valence-electron chi connectivity index (χ1n) is 10.2. The highest BCUT2D eigenvalue weighted by atomic mass is 32.2. The number of thiophene rings is 1. The van der Waals surface area contributed by atoms with Gasteiger partial charge in [-0.3, -0.25) is 9.59 Å². The van der Waals surface area contributed by atoms with Gasteiger partial charge in [0.1, 0.15) is 5.82 Å². The second kappa shape index (κ2) is 10.1. The molecule has 1 N–H and O–H groups in total. The van der Waals surface area contributed by atoms with E-state index in [4.69, 9.17) is 0 Å². The topological polar surface area (TPSA) is 49.4 Å². The zero-order valence-electron chi connectivity index (χ0n) is 16.9. The molecular formula is C24H23FN2O2S2. The van der Waals surface area contributed by atoms with Crippen LogP contribution in [0.5, 0.6) is 0 Å². The molecule has 0 bridgehead atoms. The van der Waals surface area contributed by atoms with E-state index in [9.17, 15) is 14.0 Å².